The number of likely N-dealkylation sites (tertiary alicyclic amines) is 1. The molecule has 0 radical (unpaired) electrons. The van der Waals surface area contributed by atoms with Crippen molar-refractivity contribution in [1.82, 2.24) is 15.5 Å². The summed E-state index contributed by atoms with van der Waals surface area (Å²) in [5.74, 6) is 1.07. The Labute approximate surface area is 147 Å². The maximum atomic E-state index is 12.6. The summed E-state index contributed by atoms with van der Waals surface area (Å²) in [5, 5.41) is 24.7. The van der Waals surface area contributed by atoms with Gasteiger partial charge in [-0.15, -0.1) is 0 Å². The predicted octanol–water partition coefficient (Wildman–Crippen LogP) is 1.45. The van der Waals surface area contributed by atoms with Gasteiger partial charge in [-0.1, -0.05) is 0 Å². The maximum absolute atomic E-state index is 12.6. The van der Waals surface area contributed by atoms with Crippen LogP contribution in [0.4, 0.5) is 4.79 Å². The lowest BCUT2D eigenvalue weighted by Gasteiger charge is -2.62. The molecule has 136 valence electrons. The second kappa shape index (κ2) is 5.87. The van der Waals surface area contributed by atoms with Crippen molar-refractivity contribution in [1.29, 1.82) is 5.26 Å². The van der Waals surface area contributed by atoms with E-state index < -0.39 is 6.09 Å². The van der Waals surface area contributed by atoms with Crippen molar-refractivity contribution in [3.8, 4) is 6.07 Å². The minimum absolute atomic E-state index is 0.0000363. The standard InChI is InChI=1S/C18H26N4O3/c19-9-14-2-1-3-22(14)15(23)10-20-17-5-12-4-13(6-17)8-18(7-12,11-17)21-16(24)25/h12-14,20-21H,1-8,10-11H2,(H,24,25)/t12?,13?,14-,17?,18?/m0/s1. The highest BCUT2D eigenvalue weighted by atomic mass is 16.4. The molecule has 5 fully saturated rings. The smallest absolute Gasteiger partial charge is 0.405 e. The van der Waals surface area contributed by atoms with Crippen LogP contribution in [0.5, 0.6) is 0 Å². The van der Waals surface area contributed by atoms with Crippen molar-refractivity contribution in [2.24, 2.45) is 11.8 Å². The Morgan fingerprint density at radius 3 is 2.52 bits per heavy atom. The van der Waals surface area contributed by atoms with E-state index in [2.05, 4.69) is 16.7 Å². The van der Waals surface area contributed by atoms with Crippen molar-refractivity contribution in [3.63, 3.8) is 0 Å². The van der Waals surface area contributed by atoms with E-state index in [1.54, 1.807) is 4.90 Å². The summed E-state index contributed by atoms with van der Waals surface area (Å²) in [4.78, 5) is 25.5. The number of carboxylic acid groups (broad SMARTS) is 1. The zero-order chi connectivity index (χ0) is 17.7. The van der Waals surface area contributed by atoms with E-state index in [1.165, 1.54) is 6.42 Å². The Morgan fingerprint density at radius 2 is 1.88 bits per heavy atom. The zero-order valence-corrected chi connectivity index (χ0v) is 14.5. The molecule has 1 aliphatic heterocycles. The molecule has 25 heavy (non-hydrogen) atoms. The average Bonchev–Trinajstić information content (AvgIpc) is 2.98. The van der Waals surface area contributed by atoms with Crippen molar-refractivity contribution >= 4 is 12.0 Å². The van der Waals surface area contributed by atoms with Gasteiger partial charge < -0.3 is 20.6 Å². The van der Waals surface area contributed by atoms with E-state index >= 15 is 0 Å². The van der Waals surface area contributed by atoms with Crippen LogP contribution in [0.15, 0.2) is 0 Å². The molecule has 2 unspecified atom stereocenters. The van der Waals surface area contributed by atoms with Gasteiger partial charge in [-0.3, -0.25) is 4.79 Å². The SMILES string of the molecule is N#C[C@@H]1CCCN1C(=O)CNC12CC3CC(C1)CC(NC(=O)O)(C3)C2. The highest BCUT2D eigenvalue weighted by molar-refractivity contribution is 5.79. The first-order valence-corrected chi connectivity index (χ1v) is 9.38. The van der Waals surface area contributed by atoms with Crippen LogP contribution in [0, 0.1) is 23.2 Å². The summed E-state index contributed by atoms with van der Waals surface area (Å²) < 4.78 is 0. The third-order valence-corrected chi connectivity index (χ3v) is 6.77. The zero-order valence-electron chi connectivity index (χ0n) is 14.5. The molecule has 0 aromatic heterocycles. The van der Waals surface area contributed by atoms with Crippen LogP contribution < -0.4 is 10.6 Å². The van der Waals surface area contributed by atoms with Gasteiger partial charge in [-0.25, -0.2) is 4.79 Å². The number of nitrogens with one attached hydrogen (secondary N) is 2. The third kappa shape index (κ3) is 2.97. The summed E-state index contributed by atoms with van der Waals surface area (Å²) in [6.45, 7) is 0.919. The van der Waals surface area contributed by atoms with Gasteiger partial charge >= 0.3 is 6.09 Å². The Kier molecular flexibility index (Phi) is 3.91. The predicted molar refractivity (Wildman–Crippen MR) is 89.7 cm³/mol. The van der Waals surface area contributed by atoms with Gasteiger partial charge in [0.25, 0.3) is 0 Å². The van der Waals surface area contributed by atoms with E-state index in [1.807, 2.05) is 0 Å². The molecule has 1 heterocycles. The maximum Gasteiger partial charge on any atom is 0.405 e. The van der Waals surface area contributed by atoms with Crippen molar-refractivity contribution in [2.45, 2.75) is 68.5 Å². The number of amides is 2. The molecule has 4 bridgehead atoms. The summed E-state index contributed by atoms with van der Waals surface area (Å²) in [5.41, 5.74) is -0.459. The monoisotopic (exact) mass is 346 g/mol. The number of hydrogen-bond acceptors (Lipinski definition) is 4. The summed E-state index contributed by atoms with van der Waals surface area (Å²) in [6.07, 6.45) is 6.59. The highest BCUT2D eigenvalue weighted by Crippen LogP contribution is 2.57. The quantitative estimate of drug-likeness (QED) is 0.714. The van der Waals surface area contributed by atoms with Gasteiger partial charge in [0.2, 0.25) is 5.91 Å². The molecule has 2 amide bonds. The highest BCUT2D eigenvalue weighted by Gasteiger charge is 2.58. The number of carbonyl (C=O) groups excluding carboxylic acids is 1. The van der Waals surface area contributed by atoms with Gasteiger partial charge in [0.1, 0.15) is 6.04 Å². The van der Waals surface area contributed by atoms with Crippen molar-refractivity contribution < 1.29 is 14.7 Å². The number of nitriles is 1. The first kappa shape index (κ1) is 16.6. The number of hydrogen-bond donors (Lipinski definition) is 3. The molecular weight excluding hydrogens is 320 g/mol. The van der Waals surface area contributed by atoms with Crippen molar-refractivity contribution in [3.05, 3.63) is 0 Å². The molecule has 7 nitrogen and oxygen atoms in total. The molecule has 5 aliphatic rings. The van der Waals surface area contributed by atoms with Gasteiger partial charge in [0, 0.05) is 17.6 Å². The molecule has 1 saturated heterocycles. The molecule has 3 N–H and O–H groups in total. The number of rotatable bonds is 4. The fraction of sp³-hybridized carbons (Fsp3) is 0.833. The van der Waals surface area contributed by atoms with Crippen LogP contribution >= 0.6 is 0 Å². The molecule has 4 saturated carbocycles. The van der Waals surface area contributed by atoms with Crippen molar-refractivity contribution in [2.75, 3.05) is 13.1 Å². The first-order chi connectivity index (χ1) is 11.9. The van der Waals surface area contributed by atoms with E-state index in [9.17, 15) is 20.0 Å². The topological polar surface area (TPSA) is 105 Å². The van der Waals surface area contributed by atoms with Gasteiger partial charge in [0.05, 0.1) is 12.6 Å². The second-order valence-electron chi connectivity index (χ2n) is 8.68. The molecule has 4 aliphatic carbocycles. The molecule has 7 heteroatoms. The molecule has 0 aromatic rings. The summed E-state index contributed by atoms with van der Waals surface area (Å²) >= 11 is 0. The lowest BCUT2D eigenvalue weighted by molar-refractivity contribution is -0.131. The lowest BCUT2D eigenvalue weighted by atomic mass is 9.50. The lowest BCUT2D eigenvalue weighted by Crippen LogP contribution is -2.69. The summed E-state index contributed by atoms with van der Waals surface area (Å²) in [6, 6.07) is 1.93. The second-order valence-corrected chi connectivity index (χ2v) is 8.68. The van der Waals surface area contributed by atoms with E-state index in [-0.39, 0.29) is 29.6 Å². The molecule has 3 atom stereocenters. The van der Waals surface area contributed by atoms with Crippen LogP contribution in [0.25, 0.3) is 0 Å². The first-order valence-electron chi connectivity index (χ1n) is 9.38. The Morgan fingerprint density at radius 1 is 1.20 bits per heavy atom. The Bertz CT molecular complexity index is 614. The van der Waals surface area contributed by atoms with Gasteiger partial charge in [-0.2, -0.15) is 5.26 Å². The number of nitrogens with zero attached hydrogens (tertiary/aromatic N) is 2. The van der Waals surface area contributed by atoms with Crippen LogP contribution in [0.2, 0.25) is 0 Å². The average molecular weight is 346 g/mol. The largest absolute Gasteiger partial charge is 0.465 e. The van der Waals surface area contributed by atoms with Crippen LogP contribution in [-0.4, -0.2) is 52.2 Å². The molecule has 5 rings (SSSR count). The van der Waals surface area contributed by atoms with E-state index in [0.29, 0.717) is 18.4 Å². The van der Waals surface area contributed by atoms with Crippen LogP contribution in [-0.2, 0) is 4.79 Å². The van der Waals surface area contributed by atoms with Gasteiger partial charge in [0.15, 0.2) is 0 Å². The Balaban J connectivity index is 1.44. The normalized spacial score (nSPS) is 41.6. The molecular formula is C18H26N4O3. The minimum Gasteiger partial charge on any atom is -0.465 e. The van der Waals surface area contributed by atoms with Crippen LogP contribution in [0.1, 0.15) is 51.4 Å². The van der Waals surface area contributed by atoms with E-state index in [4.69, 9.17) is 0 Å². The summed E-state index contributed by atoms with van der Waals surface area (Å²) in [7, 11) is 0. The van der Waals surface area contributed by atoms with E-state index in [0.717, 1.165) is 44.9 Å². The fourth-order valence-corrected chi connectivity index (χ4v) is 6.41. The fourth-order valence-electron chi connectivity index (χ4n) is 6.41. The van der Waals surface area contributed by atoms with Crippen LogP contribution in [0.3, 0.4) is 0 Å². The molecule has 0 spiro atoms. The number of carbonyl (C=O) groups is 2. The Hall–Kier alpha value is -1.81. The van der Waals surface area contributed by atoms with Gasteiger partial charge in [-0.05, 0) is 63.2 Å². The third-order valence-electron chi connectivity index (χ3n) is 6.77. The molecule has 0 aromatic carbocycles. The minimum atomic E-state index is -0.942.